The van der Waals surface area contributed by atoms with Gasteiger partial charge in [-0.05, 0) is 18.4 Å². The number of ketones is 2. The molecule has 102 valence electrons. The van der Waals surface area contributed by atoms with E-state index < -0.39 is 10.8 Å². The summed E-state index contributed by atoms with van der Waals surface area (Å²) in [7, 11) is 0. The summed E-state index contributed by atoms with van der Waals surface area (Å²) in [6.45, 7) is 5.75. The smallest absolute Gasteiger partial charge is 0.145 e. The number of aryl methyl sites for hydroxylation is 1. The molecule has 1 aromatic rings. The first-order chi connectivity index (χ1) is 8.83. The van der Waals surface area contributed by atoms with Crippen molar-refractivity contribution in [2.75, 3.05) is 0 Å². The maximum absolute atomic E-state index is 12.6. The van der Waals surface area contributed by atoms with Gasteiger partial charge in [0.2, 0.25) is 0 Å². The second-order valence-electron chi connectivity index (χ2n) is 6.65. The molecule has 1 unspecified atom stereocenters. The van der Waals surface area contributed by atoms with Crippen LogP contribution in [0.1, 0.15) is 45.6 Å². The van der Waals surface area contributed by atoms with E-state index in [1.807, 2.05) is 39.0 Å². The highest BCUT2D eigenvalue weighted by atomic mass is 16.1. The Labute approximate surface area is 115 Å². The summed E-state index contributed by atoms with van der Waals surface area (Å²) in [5, 5.41) is 0. The van der Waals surface area contributed by atoms with Gasteiger partial charge < -0.3 is 0 Å². The van der Waals surface area contributed by atoms with Crippen LogP contribution >= 0.6 is 0 Å². The number of rotatable bonds is 3. The molecule has 1 atom stereocenters. The zero-order valence-electron chi connectivity index (χ0n) is 12.0. The van der Waals surface area contributed by atoms with Crippen LogP contribution in [0.5, 0.6) is 0 Å². The normalized spacial score (nSPS) is 26.5. The third-order valence-electron chi connectivity index (χ3n) is 4.20. The van der Waals surface area contributed by atoms with Crippen LogP contribution in [0.3, 0.4) is 0 Å². The summed E-state index contributed by atoms with van der Waals surface area (Å²) in [6.07, 6.45) is 2.41. The van der Waals surface area contributed by atoms with Crippen molar-refractivity contribution in [1.29, 1.82) is 0 Å². The highest BCUT2D eigenvalue weighted by Gasteiger charge is 2.48. The molecule has 0 aromatic heterocycles. The second-order valence-corrected chi connectivity index (χ2v) is 6.65. The molecule has 2 heteroatoms. The van der Waals surface area contributed by atoms with Crippen LogP contribution in [-0.4, -0.2) is 11.6 Å². The fourth-order valence-corrected chi connectivity index (χ4v) is 3.23. The van der Waals surface area contributed by atoms with Gasteiger partial charge in [0.05, 0.1) is 0 Å². The van der Waals surface area contributed by atoms with Crippen molar-refractivity contribution in [2.45, 2.75) is 46.5 Å². The Morgan fingerprint density at radius 3 is 2.26 bits per heavy atom. The Kier molecular flexibility index (Phi) is 3.62. The summed E-state index contributed by atoms with van der Waals surface area (Å²) in [6, 6.07) is 10.2. The molecule has 0 N–H and O–H groups in total. The van der Waals surface area contributed by atoms with Gasteiger partial charge in [0.25, 0.3) is 0 Å². The molecular weight excluding hydrogens is 236 g/mol. The molecule has 2 nitrogen and oxygen atoms in total. The van der Waals surface area contributed by atoms with E-state index in [-0.39, 0.29) is 11.6 Å². The number of hydrogen-bond donors (Lipinski definition) is 0. The Bertz CT molecular complexity index is 487. The topological polar surface area (TPSA) is 34.1 Å². The van der Waals surface area contributed by atoms with Gasteiger partial charge in [-0.3, -0.25) is 9.59 Å². The fraction of sp³-hybridized carbons (Fsp3) is 0.529. The zero-order chi connectivity index (χ0) is 14.1. The van der Waals surface area contributed by atoms with Crippen molar-refractivity contribution in [3.8, 4) is 0 Å². The zero-order valence-corrected chi connectivity index (χ0v) is 12.0. The number of carbonyl (C=O) groups is 2. The molecule has 2 rings (SSSR count). The van der Waals surface area contributed by atoms with E-state index in [2.05, 4.69) is 12.1 Å². The van der Waals surface area contributed by atoms with Gasteiger partial charge in [-0.2, -0.15) is 0 Å². The molecule has 0 bridgehead atoms. The summed E-state index contributed by atoms with van der Waals surface area (Å²) in [5.41, 5.74) is 0.238. The summed E-state index contributed by atoms with van der Waals surface area (Å²) in [5.74, 6) is 0.468. The lowest BCUT2D eigenvalue weighted by atomic mass is 9.61. The van der Waals surface area contributed by atoms with Crippen LogP contribution in [0.25, 0.3) is 0 Å². The Balaban J connectivity index is 2.13. The molecule has 1 fully saturated rings. The van der Waals surface area contributed by atoms with Gasteiger partial charge in [-0.25, -0.2) is 0 Å². The van der Waals surface area contributed by atoms with E-state index in [9.17, 15) is 9.59 Å². The molecule has 0 spiro atoms. The Morgan fingerprint density at radius 1 is 1.00 bits per heavy atom. The predicted octanol–water partition coefficient (Wildman–Crippen LogP) is 3.58. The van der Waals surface area contributed by atoms with Gasteiger partial charge in [-0.15, -0.1) is 0 Å². The number of Topliss-reactive ketones (excluding diaryl/α,β-unsaturated/α-hetero) is 2. The van der Waals surface area contributed by atoms with Crippen LogP contribution in [0.15, 0.2) is 30.3 Å². The molecular formula is C17H22O2. The highest BCUT2D eigenvalue weighted by molar-refractivity contribution is 6.00. The van der Waals surface area contributed by atoms with E-state index in [1.165, 1.54) is 5.56 Å². The Morgan fingerprint density at radius 2 is 1.63 bits per heavy atom. The predicted molar refractivity (Wildman–Crippen MR) is 75.9 cm³/mol. The van der Waals surface area contributed by atoms with E-state index in [0.717, 1.165) is 12.8 Å². The summed E-state index contributed by atoms with van der Waals surface area (Å²) >= 11 is 0. The van der Waals surface area contributed by atoms with Crippen molar-refractivity contribution in [3.05, 3.63) is 35.9 Å². The number of benzene rings is 1. The Hall–Kier alpha value is -1.44. The van der Waals surface area contributed by atoms with Crippen molar-refractivity contribution >= 4 is 11.6 Å². The van der Waals surface area contributed by atoms with Gasteiger partial charge in [0.15, 0.2) is 0 Å². The van der Waals surface area contributed by atoms with Crippen molar-refractivity contribution in [1.82, 2.24) is 0 Å². The highest BCUT2D eigenvalue weighted by Crippen LogP contribution is 2.43. The van der Waals surface area contributed by atoms with Crippen molar-refractivity contribution < 1.29 is 9.59 Å². The number of hydrogen-bond acceptors (Lipinski definition) is 2. The maximum atomic E-state index is 12.6. The molecule has 0 aliphatic heterocycles. The first kappa shape index (κ1) is 14.0. The molecule has 1 saturated carbocycles. The second kappa shape index (κ2) is 4.92. The summed E-state index contributed by atoms with van der Waals surface area (Å²) in [4.78, 5) is 24.5. The van der Waals surface area contributed by atoms with Crippen LogP contribution in [0.2, 0.25) is 0 Å². The quantitative estimate of drug-likeness (QED) is 0.830. The van der Waals surface area contributed by atoms with Crippen LogP contribution in [0, 0.1) is 10.8 Å². The molecule has 1 aromatic carbocycles. The van der Waals surface area contributed by atoms with E-state index in [1.54, 1.807) is 0 Å². The monoisotopic (exact) mass is 258 g/mol. The average Bonchev–Trinajstić information content (AvgIpc) is 2.34. The molecule has 0 amide bonds. The first-order valence-corrected chi connectivity index (χ1v) is 6.94. The largest absolute Gasteiger partial charge is 0.300 e. The standard InChI is InChI=1S/C17H22O2/c1-16(2)11-14(18)12-17(3,15(16)19)10-9-13-7-5-4-6-8-13/h4-8H,9-12H2,1-3H3. The van der Waals surface area contributed by atoms with E-state index >= 15 is 0 Å². The molecule has 0 heterocycles. The lowest BCUT2D eigenvalue weighted by Gasteiger charge is -2.40. The number of carbonyl (C=O) groups excluding carboxylic acids is 2. The van der Waals surface area contributed by atoms with Crippen LogP contribution < -0.4 is 0 Å². The average molecular weight is 258 g/mol. The maximum Gasteiger partial charge on any atom is 0.145 e. The van der Waals surface area contributed by atoms with Gasteiger partial charge in [0, 0.05) is 23.7 Å². The lowest BCUT2D eigenvalue weighted by molar-refractivity contribution is -0.148. The van der Waals surface area contributed by atoms with Gasteiger partial charge >= 0.3 is 0 Å². The van der Waals surface area contributed by atoms with Crippen LogP contribution in [0.4, 0.5) is 0 Å². The first-order valence-electron chi connectivity index (χ1n) is 6.94. The van der Waals surface area contributed by atoms with Gasteiger partial charge in [-0.1, -0.05) is 51.1 Å². The lowest BCUT2D eigenvalue weighted by Crippen LogP contribution is -2.46. The third-order valence-corrected chi connectivity index (χ3v) is 4.20. The van der Waals surface area contributed by atoms with Crippen molar-refractivity contribution in [3.63, 3.8) is 0 Å². The summed E-state index contributed by atoms with van der Waals surface area (Å²) < 4.78 is 0. The molecule has 19 heavy (non-hydrogen) atoms. The fourth-order valence-electron chi connectivity index (χ4n) is 3.23. The molecule has 0 radical (unpaired) electrons. The SMILES string of the molecule is CC1(C)CC(=O)CC(C)(CCc2ccccc2)C1=O. The minimum atomic E-state index is -0.499. The third kappa shape index (κ3) is 2.94. The van der Waals surface area contributed by atoms with Crippen LogP contribution in [-0.2, 0) is 16.0 Å². The van der Waals surface area contributed by atoms with Crippen molar-refractivity contribution in [2.24, 2.45) is 10.8 Å². The molecule has 1 aliphatic rings. The molecule has 0 saturated heterocycles. The van der Waals surface area contributed by atoms with E-state index in [4.69, 9.17) is 0 Å². The minimum Gasteiger partial charge on any atom is -0.300 e. The van der Waals surface area contributed by atoms with E-state index in [0.29, 0.717) is 12.8 Å². The minimum absolute atomic E-state index is 0.222. The molecule has 1 aliphatic carbocycles. The van der Waals surface area contributed by atoms with Gasteiger partial charge in [0.1, 0.15) is 11.6 Å².